The number of benzene rings is 2. The average molecular weight is 268 g/mol. The highest BCUT2D eigenvalue weighted by molar-refractivity contribution is 6.00. The molecule has 0 radical (unpaired) electrons. The van der Waals surface area contributed by atoms with E-state index in [0.717, 1.165) is 10.8 Å². The first-order valence-electron chi connectivity index (χ1n) is 6.16. The Bertz CT molecular complexity index is 744. The minimum absolute atomic E-state index is 0.148. The van der Waals surface area contributed by atoms with Gasteiger partial charge in [0.15, 0.2) is 0 Å². The summed E-state index contributed by atoms with van der Waals surface area (Å²) in [5.41, 5.74) is 0.148. The number of aromatic carboxylic acids is 1. The zero-order valence-corrected chi connectivity index (χ0v) is 10.6. The number of fused-ring (bicyclic) bond motifs is 1. The Hall–Kier alpha value is -2.75. The van der Waals surface area contributed by atoms with Crippen molar-refractivity contribution in [1.29, 1.82) is 0 Å². The predicted molar refractivity (Wildman–Crippen MR) is 73.9 cm³/mol. The lowest BCUT2D eigenvalue weighted by atomic mass is 10.1. The van der Waals surface area contributed by atoms with Crippen LogP contribution in [0.5, 0.6) is 5.75 Å². The topological polar surface area (TPSA) is 59.7 Å². The van der Waals surface area contributed by atoms with Crippen LogP contribution in [0.15, 0.2) is 59.2 Å². The van der Waals surface area contributed by atoms with E-state index in [1.54, 1.807) is 30.5 Å². The molecule has 0 fully saturated rings. The molecule has 1 N–H and O–H groups in total. The maximum absolute atomic E-state index is 11.3. The van der Waals surface area contributed by atoms with E-state index in [1.165, 1.54) is 0 Å². The van der Waals surface area contributed by atoms with Crippen LogP contribution in [0, 0.1) is 0 Å². The van der Waals surface area contributed by atoms with Gasteiger partial charge in [0.25, 0.3) is 0 Å². The van der Waals surface area contributed by atoms with Crippen LogP contribution in [0.3, 0.4) is 0 Å². The summed E-state index contributed by atoms with van der Waals surface area (Å²) < 4.78 is 10.9. The van der Waals surface area contributed by atoms with E-state index in [2.05, 4.69) is 0 Å². The quantitative estimate of drug-likeness (QED) is 0.783. The molecule has 1 heterocycles. The molecule has 0 unspecified atom stereocenters. The molecular weight excluding hydrogens is 256 g/mol. The number of furan rings is 1. The fourth-order valence-electron chi connectivity index (χ4n) is 2.10. The molecule has 0 amide bonds. The number of carboxylic acid groups (broad SMARTS) is 1. The van der Waals surface area contributed by atoms with Crippen molar-refractivity contribution < 1.29 is 19.1 Å². The normalized spacial score (nSPS) is 10.6. The minimum atomic E-state index is -1.01. The highest BCUT2D eigenvalue weighted by Gasteiger charge is 2.15. The lowest BCUT2D eigenvalue weighted by molar-refractivity contribution is 0.0691. The maximum atomic E-state index is 11.3. The van der Waals surface area contributed by atoms with E-state index in [4.69, 9.17) is 9.15 Å². The molecule has 0 aliphatic heterocycles. The number of ether oxygens (including phenoxy) is 1. The minimum Gasteiger partial charge on any atom is -0.484 e. The smallest absolute Gasteiger partial charge is 0.339 e. The summed E-state index contributed by atoms with van der Waals surface area (Å²) in [6, 6.07) is 14.4. The van der Waals surface area contributed by atoms with Gasteiger partial charge in [0.2, 0.25) is 0 Å². The van der Waals surface area contributed by atoms with Crippen molar-refractivity contribution in [3.63, 3.8) is 0 Å². The van der Waals surface area contributed by atoms with Gasteiger partial charge in [-0.25, -0.2) is 4.79 Å². The Labute approximate surface area is 115 Å². The second-order valence-corrected chi connectivity index (χ2v) is 4.34. The summed E-state index contributed by atoms with van der Waals surface area (Å²) in [6.07, 6.45) is 1.56. The average Bonchev–Trinajstić information content (AvgIpc) is 2.97. The molecule has 4 nitrogen and oxygen atoms in total. The fourth-order valence-corrected chi connectivity index (χ4v) is 2.10. The molecule has 3 aromatic rings. The van der Waals surface area contributed by atoms with Crippen LogP contribution in [0.25, 0.3) is 10.8 Å². The summed E-state index contributed by atoms with van der Waals surface area (Å²) in [6.45, 7) is 0.196. The first-order chi connectivity index (χ1) is 9.75. The fraction of sp³-hybridized carbons (Fsp3) is 0.0625. The van der Waals surface area contributed by atoms with Crippen molar-refractivity contribution in [2.75, 3.05) is 0 Å². The monoisotopic (exact) mass is 268 g/mol. The van der Waals surface area contributed by atoms with Crippen LogP contribution in [-0.4, -0.2) is 11.1 Å². The van der Waals surface area contributed by atoms with Gasteiger partial charge >= 0.3 is 5.97 Å². The summed E-state index contributed by atoms with van der Waals surface area (Å²) in [4.78, 5) is 11.3. The lowest BCUT2D eigenvalue weighted by Crippen LogP contribution is -2.03. The molecular formula is C16H12O4. The lowest BCUT2D eigenvalue weighted by Gasteiger charge is -2.11. The molecule has 1 aromatic heterocycles. The Morgan fingerprint density at radius 1 is 1.10 bits per heavy atom. The molecule has 0 bridgehead atoms. The Kier molecular flexibility index (Phi) is 3.13. The SMILES string of the molecule is O=C(O)c1ccc2ccccc2c1OCc1ccco1. The van der Waals surface area contributed by atoms with E-state index in [1.807, 2.05) is 24.3 Å². The van der Waals surface area contributed by atoms with Gasteiger partial charge in [0.05, 0.1) is 6.26 Å². The van der Waals surface area contributed by atoms with Crippen LogP contribution in [-0.2, 0) is 6.61 Å². The Balaban J connectivity index is 2.05. The predicted octanol–water partition coefficient (Wildman–Crippen LogP) is 3.71. The molecule has 4 heteroatoms. The van der Waals surface area contributed by atoms with E-state index in [9.17, 15) is 9.90 Å². The van der Waals surface area contributed by atoms with Crippen LogP contribution in [0.4, 0.5) is 0 Å². The summed E-state index contributed by atoms with van der Waals surface area (Å²) in [5, 5.41) is 11.0. The van der Waals surface area contributed by atoms with Gasteiger partial charge in [0.1, 0.15) is 23.7 Å². The highest BCUT2D eigenvalue weighted by Crippen LogP contribution is 2.30. The molecule has 0 spiro atoms. The van der Waals surface area contributed by atoms with E-state index in [-0.39, 0.29) is 12.2 Å². The summed E-state index contributed by atoms with van der Waals surface area (Å²) in [7, 11) is 0. The van der Waals surface area contributed by atoms with Crippen LogP contribution in [0.2, 0.25) is 0 Å². The van der Waals surface area contributed by atoms with E-state index in [0.29, 0.717) is 11.5 Å². The number of carbonyl (C=O) groups is 1. The van der Waals surface area contributed by atoms with Gasteiger partial charge in [-0.3, -0.25) is 0 Å². The largest absolute Gasteiger partial charge is 0.484 e. The third kappa shape index (κ3) is 2.23. The molecule has 20 heavy (non-hydrogen) atoms. The number of carboxylic acids is 1. The zero-order valence-electron chi connectivity index (χ0n) is 10.6. The van der Waals surface area contributed by atoms with Crippen molar-refractivity contribution in [1.82, 2.24) is 0 Å². The van der Waals surface area contributed by atoms with Gasteiger partial charge in [-0.15, -0.1) is 0 Å². The van der Waals surface area contributed by atoms with Gasteiger partial charge in [-0.05, 0) is 23.6 Å². The van der Waals surface area contributed by atoms with Crippen LogP contribution >= 0.6 is 0 Å². The van der Waals surface area contributed by atoms with Crippen molar-refractivity contribution in [3.05, 3.63) is 66.1 Å². The first kappa shape index (κ1) is 12.3. The van der Waals surface area contributed by atoms with Crippen molar-refractivity contribution in [2.45, 2.75) is 6.61 Å². The number of hydrogen-bond donors (Lipinski definition) is 1. The van der Waals surface area contributed by atoms with Gasteiger partial charge in [-0.2, -0.15) is 0 Å². The standard InChI is InChI=1S/C16H12O4/c17-16(18)14-8-7-11-4-1-2-6-13(11)15(14)20-10-12-5-3-9-19-12/h1-9H,10H2,(H,17,18). The molecule has 100 valence electrons. The second-order valence-electron chi connectivity index (χ2n) is 4.34. The first-order valence-corrected chi connectivity index (χ1v) is 6.16. The molecule has 3 rings (SSSR count). The molecule has 2 aromatic carbocycles. The third-order valence-electron chi connectivity index (χ3n) is 3.05. The van der Waals surface area contributed by atoms with Crippen LogP contribution < -0.4 is 4.74 Å². The molecule has 0 aliphatic carbocycles. The van der Waals surface area contributed by atoms with E-state index >= 15 is 0 Å². The van der Waals surface area contributed by atoms with Crippen LogP contribution in [0.1, 0.15) is 16.1 Å². The molecule has 0 atom stereocenters. The Morgan fingerprint density at radius 2 is 1.95 bits per heavy atom. The van der Waals surface area contributed by atoms with Crippen molar-refractivity contribution >= 4 is 16.7 Å². The maximum Gasteiger partial charge on any atom is 0.339 e. The molecule has 0 saturated carbocycles. The summed E-state index contributed by atoms with van der Waals surface area (Å²) >= 11 is 0. The number of hydrogen-bond acceptors (Lipinski definition) is 3. The second kappa shape index (κ2) is 5.09. The molecule has 0 aliphatic rings. The summed E-state index contributed by atoms with van der Waals surface area (Å²) in [5.74, 6) is 0.00599. The van der Waals surface area contributed by atoms with Gasteiger partial charge < -0.3 is 14.3 Å². The van der Waals surface area contributed by atoms with E-state index < -0.39 is 5.97 Å². The highest BCUT2D eigenvalue weighted by atomic mass is 16.5. The third-order valence-corrected chi connectivity index (χ3v) is 3.05. The van der Waals surface area contributed by atoms with Crippen molar-refractivity contribution in [3.8, 4) is 5.75 Å². The molecule has 0 saturated heterocycles. The van der Waals surface area contributed by atoms with Crippen molar-refractivity contribution in [2.24, 2.45) is 0 Å². The van der Waals surface area contributed by atoms with Gasteiger partial charge in [-0.1, -0.05) is 30.3 Å². The van der Waals surface area contributed by atoms with Gasteiger partial charge in [0, 0.05) is 5.39 Å². The number of rotatable bonds is 4. The Morgan fingerprint density at radius 3 is 2.70 bits per heavy atom. The zero-order chi connectivity index (χ0) is 13.9.